The highest BCUT2D eigenvalue weighted by atomic mass is 32.2. The van der Waals surface area contributed by atoms with E-state index in [4.69, 9.17) is 0 Å². The van der Waals surface area contributed by atoms with Crippen LogP contribution in [0.2, 0.25) is 0 Å². The van der Waals surface area contributed by atoms with Crippen LogP contribution in [-0.2, 0) is 9.84 Å². The van der Waals surface area contributed by atoms with Gasteiger partial charge in [0.1, 0.15) is 0 Å². The van der Waals surface area contributed by atoms with Crippen LogP contribution in [0.1, 0.15) is 49.8 Å². The van der Waals surface area contributed by atoms with Crippen molar-refractivity contribution >= 4 is 9.84 Å². The Morgan fingerprint density at radius 1 is 1.05 bits per heavy atom. The van der Waals surface area contributed by atoms with E-state index in [2.05, 4.69) is 26.0 Å². The number of sulfone groups is 1. The summed E-state index contributed by atoms with van der Waals surface area (Å²) in [6.07, 6.45) is 0.642. The summed E-state index contributed by atoms with van der Waals surface area (Å²) in [7, 11) is -3.20. The summed E-state index contributed by atoms with van der Waals surface area (Å²) in [5, 5.41) is 0. The van der Waals surface area contributed by atoms with Crippen LogP contribution >= 0.6 is 0 Å². The maximum absolute atomic E-state index is 12.5. The van der Waals surface area contributed by atoms with Crippen LogP contribution < -0.4 is 0 Å². The Balaban J connectivity index is 2.77. The molecule has 0 aromatic heterocycles. The van der Waals surface area contributed by atoms with Gasteiger partial charge in [-0.15, -0.1) is 0 Å². The lowest BCUT2D eigenvalue weighted by atomic mass is 10.0. The molecule has 0 unspecified atom stereocenters. The van der Waals surface area contributed by atoms with Gasteiger partial charge in [-0.05, 0) is 54.5 Å². The van der Waals surface area contributed by atoms with E-state index in [-0.39, 0.29) is 5.75 Å². The van der Waals surface area contributed by atoms with E-state index in [0.29, 0.717) is 17.2 Å². The van der Waals surface area contributed by atoms with Crippen molar-refractivity contribution in [1.29, 1.82) is 0 Å². The highest BCUT2D eigenvalue weighted by molar-refractivity contribution is 7.91. The number of aryl methyl sites for hydroxylation is 2. The topological polar surface area (TPSA) is 34.1 Å². The molecule has 2 aliphatic rings. The van der Waals surface area contributed by atoms with Crippen molar-refractivity contribution in [3.63, 3.8) is 0 Å². The van der Waals surface area contributed by atoms with Crippen LogP contribution in [0.3, 0.4) is 0 Å². The minimum Gasteiger partial charge on any atom is -0.224 e. The molecule has 0 saturated heterocycles. The first-order valence-corrected chi connectivity index (χ1v) is 9.19. The average Bonchev–Trinajstić information content (AvgIpc) is 2.61. The van der Waals surface area contributed by atoms with Gasteiger partial charge in [-0.1, -0.05) is 39.0 Å². The Hall–Kier alpha value is -1.35. The van der Waals surface area contributed by atoms with Crippen LogP contribution in [0.4, 0.5) is 0 Å². The highest BCUT2D eigenvalue weighted by Crippen LogP contribution is 2.38. The second-order valence-electron chi connectivity index (χ2n) is 6.11. The van der Waals surface area contributed by atoms with Gasteiger partial charge in [0.15, 0.2) is 9.84 Å². The molecule has 0 radical (unpaired) electrons. The van der Waals surface area contributed by atoms with Gasteiger partial charge in [0.25, 0.3) is 0 Å². The quantitative estimate of drug-likeness (QED) is 0.819. The minimum absolute atomic E-state index is 0.209. The monoisotopic (exact) mass is 304 g/mol. The molecule has 21 heavy (non-hydrogen) atoms. The van der Waals surface area contributed by atoms with Crippen molar-refractivity contribution in [3.05, 3.63) is 41.0 Å². The van der Waals surface area contributed by atoms with Gasteiger partial charge in [-0.2, -0.15) is 0 Å². The van der Waals surface area contributed by atoms with Crippen molar-refractivity contribution in [3.8, 4) is 11.1 Å². The van der Waals surface area contributed by atoms with Crippen LogP contribution in [0.15, 0.2) is 29.2 Å². The fourth-order valence-electron chi connectivity index (χ4n) is 2.77. The maximum Gasteiger partial charge on any atom is 0.179 e. The normalized spacial score (nSPS) is 12.3. The molecule has 2 nitrogen and oxygen atoms in total. The highest BCUT2D eigenvalue weighted by Gasteiger charge is 2.24. The average molecular weight is 304 g/mol. The fraction of sp³-hybridized carbons (Fsp3) is 0.444. The SMILES string of the molecule is CCCS(=O)(=O)c1cc(C)c2cc(C(C)C)ccc(C)c1-2. The van der Waals surface area contributed by atoms with Gasteiger partial charge in [0.2, 0.25) is 0 Å². The van der Waals surface area contributed by atoms with Gasteiger partial charge in [-0.3, -0.25) is 0 Å². The first-order chi connectivity index (χ1) is 9.77. The molecule has 0 aliphatic heterocycles. The fourth-order valence-corrected chi connectivity index (χ4v) is 4.47. The molecule has 0 bridgehead atoms. The molecule has 0 saturated carbocycles. The molecule has 3 heteroatoms. The molecule has 0 atom stereocenters. The Morgan fingerprint density at radius 2 is 1.71 bits per heavy atom. The number of hydrogen-bond acceptors (Lipinski definition) is 2. The van der Waals surface area contributed by atoms with Gasteiger partial charge >= 0.3 is 0 Å². The van der Waals surface area contributed by atoms with Crippen molar-refractivity contribution < 1.29 is 8.42 Å². The van der Waals surface area contributed by atoms with Crippen molar-refractivity contribution in [2.75, 3.05) is 5.75 Å². The molecular weight excluding hydrogens is 280 g/mol. The second-order valence-corrected chi connectivity index (χ2v) is 8.19. The first kappa shape index (κ1) is 16.0. The predicted octanol–water partition coefficient (Wildman–Crippen LogP) is 4.72. The van der Waals surface area contributed by atoms with E-state index in [0.717, 1.165) is 22.3 Å². The van der Waals surface area contributed by atoms with Gasteiger partial charge in [0, 0.05) is 5.56 Å². The molecule has 114 valence electrons. The smallest absolute Gasteiger partial charge is 0.179 e. The Morgan fingerprint density at radius 3 is 2.29 bits per heavy atom. The van der Waals surface area contributed by atoms with Crippen molar-refractivity contribution in [1.82, 2.24) is 0 Å². The molecule has 0 aromatic carbocycles. The van der Waals surface area contributed by atoms with E-state index in [1.54, 1.807) is 0 Å². The number of hydrogen-bond donors (Lipinski definition) is 0. The van der Waals surface area contributed by atoms with Crippen molar-refractivity contribution in [2.45, 2.75) is 51.9 Å². The largest absolute Gasteiger partial charge is 0.224 e. The third-order valence-electron chi connectivity index (χ3n) is 3.99. The van der Waals surface area contributed by atoms with E-state index in [1.807, 2.05) is 32.9 Å². The molecule has 0 N–H and O–H groups in total. The molecule has 0 spiro atoms. The van der Waals surface area contributed by atoms with Gasteiger partial charge in [0.05, 0.1) is 10.6 Å². The summed E-state index contributed by atoms with van der Waals surface area (Å²) in [6.45, 7) is 10.2. The maximum atomic E-state index is 12.5. The molecule has 2 rings (SSSR count). The Labute approximate surface area is 128 Å². The summed E-state index contributed by atoms with van der Waals surface area (Å²) in [5.74, 6) is 0.630. The lowest BCUT2D eigenvalue weighted by molar-refractivity contribution is 0.595. The van der Waals surface area contributed by atoms with E-state index in [1.165, 1.54) is 5.56 Å². The van der Waals surface area contributed by atoms with Gasteiger partial charge in [-0.25, -0.2) is 8.42 Å². The van der Waals surface area contributed by atoms with E-state index in [9.17, 15) is 8.42 Å². The van der Waals surface area contributed by atoms with Crippen LogP contribution in [0.25, 0.3) is 11.1 Å². The molecule has 0 heterocycles. The van der Waals surface area contributed by atoms with Crippen LogP contribution in [-0.4, -0.2) is 14.2 Å². The lowest BCUT2D eigenvalue weighted by Crippen LogP contribution is -2.05. The zero-order chi connectivity index (χ0) is 15.8. The van der Waals surface area contributed by atoms with Crippen LogP contribution in [0.5, 0.6) is 0 Å². The lowest BCUT2D eigenvalue weighted by Gasteiger charge is -2.06. The zero-order valence-corrected chi connectivity index (χ0v) is 14.3. The zero-order valence-electron chi connectivity index (χ0n) is 13.5. The minimum atomic E-state index is -3.20. The first-order valence-electron chi connectivity index (χ1n) is 7.54. The third-order valence-corrected chi connectivity index (χ3v) is 5.93. The number of fused-ring (bicyclic) bond motifs is 1. The molecule has 0 amide bonds. The summed E-state index contributed by atoms with van der Waals surface area (Å²) in [4.78, 5) is 0.500. The summed E-state index contributed by atoms with van der Waals surface area (Å²) >= 11 is 0. The molecule has 2 aliphatic carbocycles. The Bertz CT molecular complexity index is 727. The molecule has 0 aromatic rings. The molecular formula is C18H24O2S. The molecule has 0 fully saturated rings. The predicted molar refractivity (Wildman–Crippen MR) is 89.0 cm³/mol. The summed E-state index contributed by atoms with van der Waals surface area (Å²) < 4.78 is 25.1. The third kappa shape index (κ3) is 2.98. The van der Waals surface area contributed by atoms with E-state index >= 15 is 0 Å². The van der Waals surface area contributed by atoms with Crippen molar-refractivity contribution in [2.24, 2.45) is 0 Å². The summed E-state index contributed by atoms with van der Waals surface area (Å²) in [6, 6.07) is 8.14. The van der Waals surface area contributed by atoms with E-state index < -0.39 is 9.84 Å². The van der Waals surface area contributed by atoms with Gasteiger partial charge < -0.3 is 0 Å². The van der Waals surface area contributed by atoms with Crippen LogP contribution in [0, 0.1) is 13.8 Å². The standard InChI is InChI=1S/C18H24O2S/c1-6-9-21(19,20)17-10-14(5)16-11-15(12(2)3)8-7-13(4)18(16)17/h7-8,10-12H,6,9H2,1-5H3. The second kappa shape index (κ2) is 5.80. The Kier molecular flexibility index (Phi) is 4.43. The summed E-state index contributed by atoms with van der Waals surface area (Å²) in [5.41, 5.74) is 5.27. The number of rotatable bonds is 4.